The van der Waals surface area contributed by atoms with E-state index in [9.17, 15) is 9.59 Å². The Labute approximate surface area is 136 Å². The van der Waals surface area contributed by atoms with E-state index in [4.69, 9.17) is 27.6 Å². The van der Waals surface area contributed by atoms with Gasteiger partial charge in [-0.05, 0) is 31.2 Å². The highest BCUT2D eigenvalue weighted by atomic mass is 35.5. The van der Waals surface area contributed by atoms with Crippen molar-refractivity contribution in [3.63, 3.8) is 0 Å². The van der Waals surface area contributed by atoms with Crippen molar-refractivity contribution in [3.05, 3.63) is 51.9 Å². The molecular formula is C14H11Cl2N3O3. The van der Waals surface area contributed by atoms with Crippen molar-refractivity contribution in [2.45, 2.75) is 6.92 Å². The minimum atomic E-state index is -0.949. The van der Waals surface area contributed by atoms with Crippen molar-refractivity contribution in [3.8, 4) is 0 Å². The number of amides is 2. The van der Waals surface area contributed by atoms with Crippen molar-refractivity contribution in [2.24, 2.45) is 5.10 Å². The first-order valence-electron chi connectivity index (χ1n) is 6.12. The van der Waals surface area contributed by atoms with Crippen LogP contribution in [0.25, 0.3) is 0 Å². The number of anilines is 1. The van der Waals surface area contributed by atoms with E-state index in [0.29, 0.717) is 11.5 Å². The number of benzene rings is 1. The summed E-state index contributed by atoms with van der Waals surface area (Å²) in [6.45, 7) is 1.78. The van der Waals surface area contributed by atoms with Gasteiger partial charge >= 0.3 is 11.8 Å². The number of furan rings is 1. The van der Waals surface area contributed by atoms with Crippen LogP contribution < -0.4 is 10.7 Å². The highest BCUT2D eigenvalue weighted by Gasteiger charge is 2.15. The van der Waals surface area contributed by atoms with Crippen molar-refractivity contribution in [1.29, 1.82) is 0 Å². The molecule has 0 aliphatic carbocycles. The SMILES string of the molecule is Cc1ccc(C=NNC(=O)C(=O)Nc2cccc(Cl)c2Cl)o1. The summed E-state index contributed by atoms with van der Waals surface area (Å²) < 4.78 is 5.22. The van der Waals surface area contributed by atoms with Crippen LogP contribution in [-0.2, 0) is 9.59 Å². The van der Waals surface area contributed by atoms with Gasteiger partial charge in [0.25, 0.3) is 0 Å². The Bertz CT molecular complexity index is 741. The van der Waals surface area contributed by atoms with Gasteiger partial charge in [0, 0.05) is 0 Å². The lowest BCUT2D eigenvalue weighted by atomic mass is 10.3. The van der Waals surface area contributed by atoms with Crippen LogP contribution in [0.5, 0.6) is 0 Å². The molecule has 2 aromatic rings. The second-order valence-electron chi connectivity index (χ2n) is 4.20. The molecule has 114 valence electrons. The average molecular weight is 340 g/mol. The summed E-state index contributed by atoms with van der Waals surface area (Å²) in [6, 6.07) is 8.11. The Hall–Kier alpha value is -2.31. The van der Waals surface area contributed by atoms with Crippen LogP contribution in [0.1, 0.15) is 11.5 Å². The molecule has 1 aromatic carbocycles. The molecule has 2 N–H and O–H groups in total. The summed E-state index contributed by atoms with van der Waals surface area (Å²) in [5.41, 5.74) is 2.31. The van der Waals surface area contributed by atoms with Crippen LogP contribution in [0.15, 0.2) is 39.9 Å². The monoisotopic (exact) mass is 339 g/mol. The van der Waals surface area contributed by atoms with E-state index in [0.717, 1.165) is 0 Å². The Morgan fingerprint density at radius 1 is 1.18 bits per heavy atom. The maximum absolute atomic E-state index is 11.7. The van der Waals surface area contributed by atoms with E-state index >= 15 is 0 Å². The molecule has 0 fully saturated rings. The lowest BCUT2D eigenvalue weighted by molar-refractivity contribution is -0.136. The largest absolute Gasteiger partial charge is 0.460 e. The third-order valence-corrected chi connectivity index (χ3v) is 3.34. The van der Waals surface area contributed by atoms with Crippen LogP contribution in [0.2, 0.25) is 10.0 Å². The number of nitrogens with zero attached hydrogens (tertiary/aromatic N) is 1. The fourth-order valence-electron chi connectivity index (χ4n) is 1.51. The van der Waals surface area contributed by atoms with Crippen LogP contribution >= 0.6 is 23.2 Å². The van der Waals surface area contributed by atoms with E-state index in [1.165, 1.54) is 12.3 Å². The van der Waals surface area contributed by atoms with Gasteiger partial charge in [0.2, 0.25) is 0 Å². The van der Waals surface area contributed by atoms with Gasteiger partial charge < -0.3 is 9.73 Å². The zero-order chi connectivity index (χ0) is 16.1. The smallest absolute Gasteiger partial charge is 0.329 e. The first-order valence-corrected chi connectivity index (χ1v) is 6.88. The first-order chi connectivity index (χ1) is 10.5. The van der Waals surface area contributed by atoms with Gasteiger partial charge in [0.1, 0.15) is 11.5 Å². The van der Waals surface area contributed by atoms with Gasteiger partial charge in [-0.1, -0.05) is 29.3 Å². The number of nitrogens with one attached hydrogen (secondary N) is 2. The maximum atomic E-state index is 11.7. The average Bonchev–Trinajstić information content (AvgIpc) is 2.89. The van der Waals surface area contributed by atoms with Crippen LogP contribution in [0, 0.1) is 6.92 Å². The molecule has 2 rings (SSSR count). The number of carbonyl (C=O) groups is 2. The maximum Gasteiger partial charge on any atom is 0.329 e. The molecule has 1 heterocycles. The Kier molecular flexibility index (Phi) is 5.19. The fraction of sp³-hybridized carbons (Fsp3) is 0.0714. The van der Waals surface area contributed by atoms with Crippen LogP contribution in [0.3, 0.4) is 0 Å². The number of hydrazone groups is 1. The third kappa shape index (κ3) is 4.09. The second kappa shape index (κ2) is 7.11. The quantitative estimate of drug-likeness (QED) is 0.512. The second-order valence-corrected chi connectivity index (χ2v) is 4.99. The summed E-state index contributed by atoms with van der Waals surface area (Å²) in [6.07, 6.45) is 1.28. The molecule has 0 saturated carbocycles. The number of carbonyl (C=O) groups excluding carboxylic acids is 2. The van der Waals surface area contributed by atoms with Gasteiger partial charge in [0.05, 0.1) is 21.9 Å². The number of rotatable bonds is 3. The summed E-state index contributed by atoms with van der Waals surface area (Å²) >= 11 is 11.7. The van der Waals surface area contributed by atoms with E-state index in [-0.39, 0.29) is 15.7 Å². The molecule has 22 heavy (non-hydrogen) atoms. The topological polar surface area (TPSA) is 83.7 Å². The Morgan fingerprint density at radius 2 is 1.95 bits per heavy atom. The molecule has 8 heteroatoms. The molecule has 1 aromatic heterocycles. The van der Waals surface area contributed by atoms with Gasteiger partial charge in [-0.25, -0.2) is 5.43 Å². The first kappa shape index (κ1) is 16.1. The number of aryl methyl sites for hydroxylation is 1. The molecule has 6 nitrogen and oxygen atoms in total. The molecule has 0 spiro atoms. The fourth-order valence-corrected chi connectivity index (χ4v) is 1.86. The molecule has 0 radical (unpaired) electrons. The van der Waals surface area contributed by atoms with Crippen LogP contribution in [0.4, 0.5) is 5.69 Å². The Morgan fingerprint density at radius 3 is 2.64 bits per heavy atom. The molecule has 0 saturated heterocycles. The van der Waals surface area contributed by atoms with Crippen molar-refractivity contribution in [1.82, 2.24) is 5.43 Å². The van der Waals surface area contributed by atoms with Crippen molar-refractivity contribution in [2.75, 3.05) is 5.32 Å². The number of hydrogen-bond donors (Lipinski definition) is 2. The van der Waals surface area contributed by atoms with E-state index in [1.54, 1.807) is 31.2 Å². The van der Waals surface area contributed by atoms with Crippen LogP contribution in [-0.4, -0.2) is 18.0 Å². The Balaban J connectivity index is 1.93. The third-order valence-electron chi connectivity index (χ3n) is 2.53. The highest BCUT2D eigenvalue weighted by Crippen LogP contribution is 2.29. The lowest BCUT2D eigenvalue weighted by Crippen LogP contribution is -2.32. The molecule has 0 bridgehead atoms. The van der Waals surface area contributed by atoms with Crippen molar-refractivity contribution >= 4 is 46.9 Å². The molecule has 2 amide bonds. The lowest BCUT2D eigenvalue weighted by Gasteiger charge is -2.06. The normalized spacial score (nSPS) is 10.7. The van der Waals surface area contributed by atoms with E-state index in [2.05, 4.69) is 15.8 Å². The molecule has 0 aliphatic rings. The minimum Gasteiger partial charge on any atom is -0.460 e. The van der Waals surface area contributed by atoms with E-state index in [1.807, 2.05) is 0 Å². The molecule has 0 unspecified atom stereocenters. The van der Waals surface area contributed by atoms with Gasteiger partial charge in [-0.15, -0.1) is 0 Å². The van der Waals surface area contributed by atoms with Gasteiger partial charge in [-0.2, -0.15) is 5.10 Å². The number of halogens is 2. The summed E-state index contributed by atoms with van der Waals surface area (Å²) in [7, 11) is 0. The molecule has 0 atom stereocenters. The van der Waals surface area contributed by atoms with Crippen molar-refractivity contribution < 1.29 is 14.0 Å². The van der Waals surface area contributed by atoms with Gasteiger partial charge in [0.15, 0.2) is 0 Å². The highest BCUT2D eigenvalue weighted by molar-refractivity contribution is 6.45. The summed E-state index contributed by atoms with van der Waals surface area (Å²) in [4.78, 5) is 23.3. The summed E-state index contributed by atoms with van der Waals surface area (Å²) in [5.74, 6) is -0.704. The predicted octanol–water partition coefficient (Wildman–Crippen LogP) is 2.98. The zero-order valence-electron chi connectivity index (χ0n) is 11.4. The van der Waals surface area contributed by atoms with Gasteiger partial charge in [-0.3, -0.25) is 9.59 Å². The summed E-state index contributed by atoms with van der Waals surface area (Å²) in [5, 5.41) is 6.38. The molecule has 0 aliphatic heterocycles. The zero-order valence-corrected chi connectivity index (χ0v) is 12.9. The minimum absolute atomic E-state index is 0.153. The standard InChI is InChI=1S/C14H11Cl2N3O3/c1-8-5-6-9(22-8)7-17-19-14(21)13(20)18-11-4-2-3-10(15)12(11)16/h2-7H,1H3,(H,18,20)(H,19,21). The van der Waals surface area contributed by atoms with E-state index < -0.39 is 11.8 Å². The predicted molar refractivity (Wildman–Crippen MR) is 84.3 cm³/mol. The number of hydrogen-bond acceptors (Lipinski definition) is 4. The molecular weight excluding hydrogens is 329 g/mol.